The van der Waals surface area contributed by atoms with Crippen molar-refractivity contribution >= 4 is 0 Å². The van der Waals surface area contributed by atoms with Gasteiger partial charge in [0, 0.05) is 0 Å². The second-order valence-corrected chi connectivity index (χ2v) is 4.29. The lowest BCUT2D eigenvalue weighted by Crippen LogP contribution is -2.30. The molecule has 1 aliphatic heterocycles. The van der Waals surface area contributed by atoms with E-state index >= 15 is 0 Å². The molecule has 1 aliphatic rings. The molecule has 0 spiro atoms. The van der Waals surface area contributed by atoms with Gasteiger partial charge in [0.2, 0.25) is 0 Å². The maximum Gasteiger partial charge on any atom is 0.257 e. The molecule has 1 aromatic rings. The lowest BCUT2D eigenvalue weighted by atomic mass is 9.99. The van der Waals surface area contributed by atoms with Crippen LogP contribution >= 0.6 is 0 Å². The minimum atomic E-state index is -2.38. The molecule has 0 unspecified atom stereocenters. The van der Waals surface area contributed by atoms with Gasteiger partial charge in [-0.3, -0.25) is 4.68 Å². The molecule has 1 saturated heterocycles. The van der Waals surface area contributed by atoms with Crippen molar-refractivity contribution in [2.75, 3.05) is 19.7 Å². The van der Waals surface area contributed by atoms with Crippen LogP contribution in [0.4, 0.5) is 8.78 Å². The number of halogens is 2. The molecule has 0 bridgehead atoms. The fourth-order valence-electron chi connectivity index (χ4n) is 1.92. The Bertz CT molecular complexity index is 337. The first-order valence-electron chi connectivity index (χ1n) is 5.88. The van der Waals surface area contributed by atoms with Crippen molar-refractivity contribution in [1.82, 2.24) is 15.1 Å². The Labute approximate surface area is 98.9 Å². The number of nitrogens with zero attached hydrogens (tertiary/aromatic N) is 2. The van der Waals surface area contributed by atoms with E-state index in [9.17, 15) is 8.78 Å². The van der Waals surface area contributed by atoms with Gasteiger partial charge in [0.1, 0.15) is 6.54 Å². The molecule has 0 amide bonds. The summed E-state index contributed by atoms with van der Waals surface area (Å²) < 4.78 is 31.0. The van der Waals surface area contributed by atoms with E-state index < -0.39 is 6.43 Å². The quantitative estimate of drug-likeness (QED) is 0.855. The fourth-order valence-corrected chi connectivity index (χ4v) is 1.92. The Hall–Kier alpha value is -1.17. The van der Waals surface area contributed by atoms with Crippen molar-refractivity contribution in [2.24, 2.45) is 5.92 Å². The number of alkyl halides is 2. The molecule has 0 saturated carbocycles. The smallest absolute Gasteiger partial charge is 0.257 e. The van der Waals surface area contributed by atoms with Crippen molar-refractivity contribution in [3.8, 4) is 5.75 Å². The Morgan fingerprint density at radius 2 is 2.24 bits per heavy atom. The largest absolute Gasteiger partial charge is 0.490 e. The van der Waals surface area contributed by atoms with Crippen LogP contribution in [0.1, 0.15) is 12.8 Å². The number of aromatic nitrogens is 2. The molecule has 2 heterocycles. The van der Waals surface area contributed by atoms with Gasteiger partial charge in [0.25, 0.3) is 6.43 Å². The maximum absolute atomic E-state index is 12.1. The molecular weight excluding hydrogens is 228 g/mol. The predicted octanol–water partition coefficient (Wildman–Crippen LogP) is 1.53. The monoisotopic (exact) mass is 245 g/mol. The number of piperidine rings is 1. The summed E-state index contributed by atoms with van der Waals surface area (Å²) in [5.74, 6) is 1.12. The predicted molar refractivity (Wildman–Crippen MR) is 59.3 cm³/mol. The summed E-state index contributed by atoms with van der Waals surface area (Å²) in [6, 6.07) is 0. The van der Waals surface area contributed by atoms with Crippen LogP contribution in [-0.2, 0) is 6.54 Å². The van der Waals surface area contributed by atoms with Gasteiger partial charge < -0.3 is 10.1 Å². The minimum absolute atomic E-state index is 0.378. The second-order valence-electron chi connectivity index (χ2n) is 4.29. The Balaban J connectivity index is 1.76. The van der Waals surface area contributed by atoms with Gasteiger partial charge in [-0.05, 0) is 31.8 Å². The third-order valence-electron chi connectivity index (χ3n) is 2.88. The van der Waals surface area contributed by atoms with Crippen molar-refractivity contribution in [2.45, 2.75) is 25.8 Å². The summed E-state index contributed by atoms with van der Waals surface area (Å²) in [6.07, 6.45) is 2.83. The first-order valence-corrected chi connectivity index (χ1v) is 5.88. The van der Waals surface area contributed by atoms with Gasteiger partial charge in [-0.15, -0.1) is 0 Å². The highest BCUT2D eigenvalue weighted by molar-refractivity contribution is 5.11. The first-order chi connectivity index (χ1) is 8.24. The lowest BCUT2D eigenvalue weighted by molar-refractivity contribution is 0.121. The van der Waals surface area contributed by atoms with E-state index in [1.165, 1.54) is 17.1 Å². The van der Waals surface area contributed by atoms with Crippen molar-refractivity contribution in [1.29, 1.82) is 0 Å². The van der Waals surface area contributed by atoms with Crippen LogP contribution in [-0.4, -0.2) is 35.9 Å². The molecule has 2 rings (SSSR count). The molecule has 17 heavy (non-hydrogen) atoms. The maximum atomic E-state index is 12.1. The third-order valence-corrected chi connectivity index (χ3v) is 2.88. The molecule has 1 fully saturated rings. The zero-order valence-electron chi connectivity index (χ0n) is 9.61. The van der Waals surface area contributed by atoms with Gasteiger partial charge in [0.15, 0.2) is 5.75 Å². The van der Waals surface area contributed by atoms with Crippen molar-refractivity contribution in [3.05, 3.63) is 12.4 Å². The average Bonchev–Trinajstić information content (AvgIpc) is 2.75. The van der Waals surface area contributed by atoms with Crippen LogP contribution in [0.15, 0.2) is 12.4 Å². The topological polar surface area (TPSA) is 39.1 Å². The average molecular weight is 245 g/mol. The Morgan fingerprint density at radius 3 is 2.94 bits per heavy atom. The van der Waals surface area contributed by atoms with Crippen LogP contribution in [0.5, 0.6) is 5.75 Å². The molecule has 1 aromatic heterocycles. The van der Waals surface area contributed by atoms with Gasteiger partial charge in [-0.1, -0.05) is 0 Å². The number of nitrogens with one attached hydrogen (secondary N) is 1. The van der Waals surface area contributed by atoms with Crippen molar-refractivity contribution < 1.29 is 13.5 Å². The molecule has 0 aliphatic carbocycles. The molecule has 96 valence electrons. The third kappa shape index (κ3) is 3.96. The van der Waals surface area contributed by atoms with E-state index in [2.05, 4.69) is 10.4 Å². The summed E-state index contributed by atoms with van der Waals surface area (Å²) in [5.41, 5.74) is 0. The highest BCUT2D eigenvalue weighted by Gasteiger charge is 2.14. The summed E-state index contributed by atoms with van der Waals surface area (Å²) in [6.45, 7) is 2.32. The fraction of sp³-hybridized carbons (Fsp3) is 0.727. The molecular formula is C11H17F2N3O. The second kappa shape index (κ2) is 5.95. The molecule has 0 radical (unpaired) electrons. The van der Waals surface area contributed by atoms with E-state index in [0.29, 0.717) is 18.3 Å². The van der Waals surface area contributed by atoms with E-state index in [4.69, 9.17) is 4.74 Å². The number of rotatable bonds is 5. The van der Waals surface area contributed by atoms with Gasteiger partial charge in [-0.25, -0.2) is 8.78 Å². The number of hydrogen-bond acceptors (Lipinski definition) is 3. The lowest BCUT2D eigenvalue weighted by Gasteiger charge is -2.22. The van der Waals surface area contributed by atoms with E-state index in [1.54, 1.807) is 0 Å². The van der Waals surface area contributed by atoms with Crippen LogP contribution < -0.4 is 10.1 Å². The minimum Gasteiger partial charge on any atom is -0.490 e. The zero-order valence-corrected chi connectivity index (χ0v) is 9.61. The van der Waals surface area contributed by atoms with Gasteiger partial charge >= 0.3 is 0 Å². The highest BCUT2D eigenvalue weighted by atomic mass is 19.3. The van der Waals surface area contributed by atoms with Crippen LogP contribution in [0.25, 0.3) is 0 Å². The number of hydrogen-bond donors (Lipinski definition) is 1. The number of ether oxygens (including phenoxy) is 1. The van der Waals surface area contributed by atoms with Crippen LogP contribution in [0.2, 0.25) is 0 Å². The summed E-state index contributed by atoms with van der Waals surface area (Å²) in [4.78, 5) is 0. The molecule has 4 nitrogen and oxygen atoms in total. The van der Waals surface area contributed by atoms with Gasteiger partial charge in [0.05, 0.1) is 19.0 Å². The normalized spacial score (nSPS) is 17.6. The summed E-state index contributed by atoms with van der Waals surface area (Å²) >= 11 is 0. The summed E-state index contributed by atoms with van der Waals surface area (Å²) in [7, 11) is 0. The van der Waals surface area contributed by atoms with Crippen LogP contribution in [0.3, 0.4) is 0 Å². The molecule has 6 heteroatoms. The Kier molecular flexibility index (Phi) is 4.30. The van der Waals surface area contributed by atoms with E-state index in [1.807, 2.05) is 0 Å². The first kappa shape index (κ1) is 12.3. The van der Waals surface area contributed by atoms with E-state index in [0.717, 1.165) is 25.9 Å². The zero-order chi connectivity index (χ0) is 12.1. The summed E-state index contributed by atoms with van der Waals surface area (Å²) in [5, 5.41) is 7.10. The Morgan fingerprint density at radius 1 is 1.47 bits per heavy atom. The van der Waals surface area contributed by atoms with Gasteiger partial charge in [-0.2, -0.15) is 5.10 Å². The molecule has 0 aromatic carbocycles. The van der Waals surface area contributed by atoms with Crippen molar-refractivity contribution in [3.63, 3.8) is 0 Å². The standard InChI is InChI=1S/C11H17F2N3O/c12-11(13)7-16-6-10(5-15-16)17-8-9-1-3-14-4-2-9/h5-6,9,11,14H,1-4,7-8H2. The highest BCUT2D eigenvalue weighted by Crippen LogP contribution is 2.15. The SMILES string of the molecule is FC(F)Cn1cc(OCC2CCNCC2)cn1. The molecule has 0 atom stereocenters. The van der Waals surface area contributed by atoms with Crippen LogP contribution in [0, 0.1) is 5.92 Å². The van der Waals surface area contributed by atoms with E-state index in [-0.39, 0.29) is 6.54 Å². The molecule has 1 N–H and O–H groups in total.